The first-order chi connectivity index (χ1) is 5.88. The molecule has 0 unspecified atom stereocenters. The minimum absolute atomic E-state index is 0.814. The Hall–Kier alpha value is -0.520. The second kappa shape index (κ2) is 5.18. The smallest absolute Gasteiger partial charge is 0.00380 e. The maximum Gasteiger partial charge on any atom is 0.00380 e. The largest absolute Gasteiger partial charge is 0.103 e. The molecule has 1 saturated carbocycles. The van der Waals surface area contributed by atoms with Gasteiger partial charge in [0.05, 0.1) is 0 Å². The van der Waals surface area contributed by atoms with Gasteiger partial charge in [0.2, 0.25) is 0 Å². The van der Waals surface area contributed by atoms with Gasteiger partial charge in [-0.3, -0.25) is 0 Å². The topological polar surface area (TPSA) is 0 Å². The third-order valence-corrected chi connectivity index (χ3v) is 2.77. The fourth-order valence-electron chi connectivity index (χ4n) is 2.06. The normalized spacial score (nSPS) is 19.4. The molecule has 0 heteroatoms. The lowest BCUT2D eigenvalue weighted by Gasteiger charge is -2.26. The zero-order valence-corrected chi connectivity index (χ0v) is 7.89. The molecule has 1 radical (unpaired) electrons. The van der Waals surface area contributed by atoms with Gasteiger partial charge in [-0.05, 0) is 25.2 Å². The van der Waals surface area contributed by atoms with Crippen molar-refractivity contribution < 1.29 is 0 Å². The van der Waals surface area contributed by atoms with Crippen LogP contribution in [-0.2, 0) is 0 Å². The van der Waals surface area contributed by atoms with Gasteiger partial charge < -0.3 is 0 Å². The van der Waals surface area contributed by atoms with Crippen LogP contribution in [0.2, 0.25) is 0 Å². The van der Waals surface area contributed by atoms with Gasteiger partial charge in [0.1, 0.15) is 0 Å². The van der Waals surface area contributed by atoms with Crippen molar-refractivity contribution >= 4 is 0 Å². The first kappa shape index (κ1) is 9.57. The highest BCUT2D eigenvalue weighted by molar-refractivity contribution is 5.13. The Morgan fingerprint density at radius 3 is 2.33 bits per heavy atom. The molecule has 0 amide bonds. The number of hydrogen-bond donors (Lipinski definition) is 0. The van der Waals surface area contributed by atoms with Crippen LogP contribution in [-0.4, -0.2) is 0 Å². The van der Waals surface area contributed by atoms with Crippen LogP contribution in [0, 0.1) is 11.8 Å². The Morgan fingerprint density at radius 1 is 1.17 bits per heavy atom. The molecule has 67 valence electrons. The van der Waals surface area contributed by atoms with Crippen molar-refractivity contribution in [2.24, 2.45) is 5.92 Å². The molecule has 1 rings (SSSR count). The van der Waals surface area contributed by atoms with E-state index in [1.54, 1.807) is 0 Å². The van der Waals surface area contributed by atoms with Crippen LogP contribution in [0.5, 0.6) is 0 Å². The first-order valence-electron chi connectivity index (χ1n) is 4.97. The van der Waals surface area contributed by atoms with Gasteiger partial charge in [0.15, 0.2) is 0 Å². The lowest BCUT2D eigenvalue weighted by atomic mass is 9.79. The second-order valence-electron chi connectivity index (χ2n) is 3.61. The predicted octanol–water partition coefficient (Wildman–Crippen LogP) is 3.90. The summed E-state index contributed by atoms with van der Waals surface area (Å²) in [6, 6.07) is 0. The maximum atomic E-state index is 3.87. The van der Waals surface area contributed by atoms with E-state index in [9.17, 15) is 0 Å². The van der Waals surface area contributed by atoms with E-state index in [1.807, 2.05) is 12.2 Å². The van der Waals surface area contributed by atoms with Crippen LogP contribution in [0.15, 0.2) is 25.3 Å². The lowest BCUT2D eigenvalue weighted by Crippen LogP contribution is -2.13. The molecule has 0 spiro atoms. The average Bonchev–Trinajstić information content (AvgIpc) is 2.15. The minimum atomic E-state index is 0.814. The molecule has 0 nitrogen and oxygen atoms in total. The molecular weight excluding hydrogens is 144 g/mol. The maximum absolute atomic E-state index is 3.87. The highest BCUT2D eigenvalue weighted by atomic mass is 14.2. The fraction of sp³-hybridized carbons (Fsp3) is 0.583. The minimum Gasteiger partial charge on any atom is -0.103 e. The zero-order valence-electron chi connectivity index (χ0n) is 7.89. The lowest BCUT2D eigenvalue weighted by molar-refractivity contribution is 0.375. The molecule has 0 N–H and O–H groups in total. The average molecular weight is 163 g/mol. The van der Waals surface area contributed by atoms with E-state index in [0.29, 0.717) is 0 Å². The molecule has 0 aromatic rings. The van der Waals surface area contributed by atoms with Crippen molar-refractivity contribution in [3.8, 4) is 0 Å². The molecular formula is C12H19. The van der Waals surface area contributed by atoms with Crippen LogP contribution < -0.4 is 0 Å². The van der Waals surface area contributed by atoms with Crippen LogP contribution in [0.1, 0.15) is 38.5 Å². The van der Waals surface area contributed by atoms with E-state index >= 15 is 0 Å². The third-order valence-electron chi connectivity index (χ3n) is 2.77. The van der Waals surface area contributed by atoms with Crippen LogP contribution in [0.25, 0.3) is 0 Å². The molecule has 0 heterocycles. The zero-order chi connectivity index (χ0) is 8.81. The van der Waals surface area contributed by atoms with Crippen molar-refractivity contribution in [3.05, 3.63) is 31.2 Å². The summed E-state index contributed by atoms with van der Waals surface area (Å²) in [5.74, 6) is 2.32. The summed E-state index contributed by atoms with van der Waals surface area (Å²) < 4.78 is 0. The second-order valence-corrected chi connectivity index (χ2v) is 3.61. The van der Waals surface area contributed by atoms with Gasteiger partial charge in [0.25, 0.3) is 0 Å². The summed E-state index contributed by atoms with van der Waals surface area (Å²) in [5.41, 5.74) is 0. The van der Waals surface area contributed by atoms with Gasteiger partial charge in [-0.25, -0.2) is 0 Å². The summed E-state index contributed by atoms with van der Waals surface area (Å²) in [6.07, 6.45) is 12.0. The highest BCUT2D eigenvalue weighted by Crippen LogP contribution is 2.33. The van der Waals surface area contributed by atoms with Gasteiger partial charge in [-0.1, -0.05) is 31.4 Å². The van der Waals surface area contributed by atoms with Crippen molar-refractivity contribution in [2.45, 2.75) is 38.5 Å². The monoisotopic (exact) mass is 163 g/mol. The first-order valence-corrected chi connectivity index (χ1v) is 4.97. The summed E-state index contributed by atoms with van der Waals surface area (Å²) in [5, 5.41) is 0. The van der Waals surface area contributed by atoms with Crippen LogP contribution in [0.3, 0.4) is 0 Å². The molecule has 1 aliphatic rings. The van der Waals surface area contributed by atoms with E-state index in [0.717, 1.165) is 12.3 Å². The van der Waals surface area contributed by atoms with Gasteiger partial charge in [-0.15, -0.1) is 13.2 Å². The molecule has 12 heavy (non-hydrogen) atoms. The summed E-state index contributed by atoms with van der Waals surface area (Å²) in [4.78, 5) is 0. The van der Waals surface area contributed by atoms with Crippen LogP contribution in [0.4, 0.5) is 0 Å². The van der Waals surface area contributed by atoms with Crippen molar-refractivity contribution in [1.82, 2.24) is 0 Å². The van der Waals surface area contributed by atoms with Crippen molar-refractivity contribution in [3.63, 3.8) is 0 Å². The SMILES string of the molecule is C=CC[C](C=C)C1CCCCC1. The van der Waals surface area contributed by atoms with Gasteiger partial charge in [-0.2, -0.15) is 0 Å². The van der Waals surface area contributed by atoms with Crippen LogP contribution >= 0.6 is 0 Å². The Bertz CT molecular complexity index is 140. The van der Waals surface area contributed by atoms with E-state index in [4.69, 9.17) is 0 Å². The quantitative estimate of drug-likeness (QED) is 0.551. The van der Waals surface area contributed by atoms with Gasteiger partial charge in [0, 0.05) is 5.92 Å². The number of allylic oxidation sites excluding steroid dienone is 2. The molecule has 0 aliphatic heterocycles. The molecule has 0 aromatic heterocycles. The Morgan fingerprint density at radius 2 is 1.83 bits per heavy atom. The molecule has 1 fully saturated rings. The summed E-state index contributed by atoms with van der Waals surface area (Å²) in [7, 11) is 0. The fourth-order valence-corrected chi connectivity index (χ4v) is 2.06. The molecule has 0 bridgehead atoms. The van der Waals surface area contributed by atoms with Gasteiger partial charge >= 0.3 is 0 Å². The highest BCUT2D eigenvalue weighted by Gasteiger charge is 2.20. The van der Waals surface area contributed by atoms with E-state index < -0.39 is 0 Å². The third kappa shape index (κ3) is 2.51. The summed E-state index contributed by atoms with van der Waals surface area (Å²) >= 11 is 0. The molecule has 0 atom stereocenters. The predicted molar refractivity (Wildman–Crippen MR) is 54.8 cm³/mol. The number of hydrogen-bond acceptors (Lipinski definition) is 0. The summed E-state index contributed by atoms with van der Waals surface area (Å²) in [6.45, 7) is 7.64. The number of rotatable bonds is 4. The standard InChI is InChI=1S/C12H19/c1-3-8-11(4-2)12-9-6-5-7-10-12/h3-4,12H,1-2,5-10H2. The molecule has 0 aromatic carbocycles. The van der Waals surface area contributed by atoms with Crippen molar-refractivity contribution in [2.75, 3.05) is 0 Å². The Balaban J connectivity index is 2.39. The Kier molecular flexibility index (Phi) is 4.13. The Labute approximate surface area is 76.4 Å². The van der Waals surface area contributed by atoms with E-state index in [2.05, 4.69) is 13.2 Å². The van der Waals surface area contributed by atoms with E-state index in [-0.39, 0.29) is 0 Å². The van der Waals surface area contributed by atoms with Crippen molar-refractivity contribution in [1.29, 1.82) is 0 Å². The van der Waals surface area contributed by atoms with E-state index in [1.165, 1.54) is 38.0 Å². The molecule has 1 aliphatic carbocycles. The molecule has 0 saturated heterocycles.